The molecule has 2 atom stereocenters. The summed E-state index contributed by atoms with van der Waals surface area (Å²) in [5.74, 6) is -0.378. The van der Waals surface area contributed by atoms with Crippen LogP contribution in [0.1, 0.15) is 23.1 Å². The number of nitriles is 1. The topological polar surface area (TPSA) is 77.8 Å². The Hall–Kier alpha value is -2.99. The number of nitrogens with one attached hydrogen (secondary N) is 2. The average Bonchev–Trinajstić information content (AvgIpc) is 3.11. The molecule has 1 saturated heterocycles. The Morgan fingerprint density at radius 1 is 1.32 bits per heavy atom. The molecule has 0 bridgehead atoms. The number of aromatic nitrogens is 1. The van der Waals surface area contributed by atoms with Crippen LogP contribution >= 0.6 is 0 Å². The van der Waals surface area contributed by atoms with Crippen LogP contribution in [0.5, 0.6) is 0 Å². The monoisotopic (exact) mass is 392 g/mol. The van der Waals surface area contributed by atoms with Crippen LogP contribution in [0.4, 0.5) is 17.6 Å². The summed E-state index contributed by atoms with van der Waals surface area (Å²) in [7, 11) is 0. The van der Waals surface area contributed by atoms with E-state index in [4.69, 9.17) is 0 Å². The van der Waals surface area contributed by atoms with Crippen LogP contribution < -0.4 is 10.6 Å². The van der Waals surface area contributed by atoms with Crippen LogP contribution in [0.25, 0.3) is 11.3 Å². The van der Waals surface area contributed by atoms with Gasteiger partial charge in [0.2, 0.25) is 5.91 Å². The molecule has 3 rings (SSSR count). The van der Waals surface area contributed by atoms with Crippen LogP contribution in [-0.4, -0.2) is 29.6 Å². The Balaban J connectivity index is 1.76. The third kappa shape index (κ3) is 4.46. The van der Waals surface area contributed by atoms with E-state index in [0.29, 0.717) is 16.8 Å². The first-order valence-electron chi connectivity index (χ1n) is 8.49. The Morgan fingerprint density at radius 2 is 2.04 bits per heavy atom. The molecular weight excluding hydrogens is 376 g/mol. The molecule has 1 aliphatic heterocycles. The predicted octanol–water partition coefficient (Wildman–Crippen LogP) is 2.96. The molecular formula is C19H16F4N4O. The Labute approximate surface area is 158 Å². The van der Waals surface area contributed by atoms with Gasteiger partial charge in [0.1, 0.15) is 12.2 Å². The van der Waals surface area contributed by atoms with Gasteiger partial charge in [0.15, 0.2) is 0 Å². The van der Waals surface area contributed by atoms with E-state index in [1.54, 1.807) is 6.07 Å². The first-order valence-corrected chi connectivity index (χ1v) is 8.49. The number of hydrogen-bond donors (Lipinski definition) is 2. The maximum absolute atomic E-state index is 13.2. The minimum absolute atomic E-state index is 0.0208. The standard InChI is InChI=1S/C19H16F4N4O/c20-15-6-17(26-10-15)18(28)27-8-12-5-16(25-9-13(12)7-24)11-1-3-14(4-2-11)19(21,22)23/h1-5,9,15,17,26H,6,8,10H2,(H,27,28)/t15-,17?/m1/s1. The van der Waals surface area contributed by atoms with Crippen molar-refractivity contribution in [2.45, 2.75) is 31.4 Å². The minimum atomic E-state index is -4.43. The van der Waals surface area contributed by atoms with Gasteiger partial charge < -0.3 is 10.6 Å². The molecule has 5 nitrogen and oxygen atoms in total. The molecule has 9 heteroatoms. The van der Waals surface area contributed by atoms with Crippen molar-refractivity contribution < 1.29 is 22.4 Å². The van der Waals surface area contributed by atoms with Gasteiger partial charge in [-0.1, -0.05) is 12.1 Å². The average molecular weight is 392 g/mol. The van der Waals surface area contributed by atoms with Crippen LogP contribution in [0, 0.1) is 11.3 Å². The zero-order valence-corrected chi connectivity index (χ0v) is 14.6. The molecule has 1 aliphatic rings. The molecule has 1 unspecified atom stereocenters. The molecule has 2 N–H and O–H groups in total. The van der Waals surface area contributed by atoms with Gasteiger partial charge >= 0.3 is 6.18 Å². The van der Waals surface area contributed by atoms with Gasteiger partial charge in [-0.05, 0) is 23.8 Å². The molecule has 2 heterocycles. The van der Waals surface area contributed by atoms with Gasteiger partial charge in [-0.25, -0.2) is 4.39 Å². The molecule has 2 aromatic rings. The smallest absolute Gasteiger partial charge is 0.351 e. The molecule has 1 aromatic carbocycles. The fourth-order valence-corrected chi connectivity index (χ4v) is 2.93. The summed E-state index contributed by atoms with van der Waals surface area (Å²) < 4.78 is 51.3. The van der Waals surface area contributed by atoms with Crippen molar-refractivity contribution in [3.63, 3.8) is 0 Å². The lowest BCUT2D eigenvalue weighted by molar-refractivity contribution is -0.137. The van der Waals surface area contributed by atoms with E-state index in [1.807, 2.05) is 6.07 Å². The van der Waals surface area contributed by atoms with Crippen molar-refractivity contribution in [1.82, 2.24) is 15.6 Å². The Kier molecular flexibility index (Phi) is 5.61. The Bertz CT molecular complexity index is 906. The molecule has 1 aromatic heterocycles. The molecule has 0 aliphatic carbocycles. The zero-order valence-electron chi connectivity index (χ0n) is 14.6. The molecule has 1 fully saturated rings. The van der Waals surface area contributed by atoms with E-state index in [1.165, 1.54) is 18.3 Å². The third-order valence-corrected chi connectivity index (χ3v) is 4.46. The molecule has 28 heavy (non-hydrogen) atoms. The highest BCUT2D eigenvalue weighted by Gasteiger charge is 2.30. The summed E-state index contributed by atoms with van der Waals surface area (Å²) in [4.78, 5) is 16.2. The maximum Gasteiger partial charge on any atom is 0.416 e. The number of carbonyl (C=O) groups is 1. The number of carbonyl (C=O) groups excluding carboxylic acids is 1. The lowest BCUT2D eigenvalue weighted by Gasteiger charge is -2.13. The van der Waals surface area contributed by atoms with Crippen LogP contribution in [0.3, 0.4) is 0 Å². The Morgan fingerprint density at radius 3 is 2.61 bits per heavy atom. The molecule has 1 amide bonds. The SMILES string of the molecule is N#Cc1cnc(-c2ccc(C(F)(F)F)cc2)cc1CNC(=O)C1C[C@@H](F)CN1. The zero-order chi connectivity index (χ0) is 20.3. The highest BCUT2D eigenvalue weighted by molar-refractivity contribution is 5.82. The van der Waals surface area contributed by atoms with E-state index in [0.717, 1.165) is 12.1 Å². The van der Waals surface area contributed by atoms with Gasteiger partial charge in [-0.3, -0.25) is 9.78 Å². The number of amides is 1. The van der Waals surface area contributed by atoms with Crippen LogP contribution in [0.15, 0.2) is 36.5 Å². The maximum atomic E-state index is 13.2. The second-order valence-corrected chi connectivity index (χ2v) is 6.43. The predicted molar refractivity (Wildman–Crippen MR) is 92.5 cm³/mol. The highest BCUT2D eigenvalue weighted by atomic mass is 19.4. The summed E-state index contributed by atoms with van der Waals surface area (Å²) in [6.07, 6.45) is -4.11. The number of hydrogen-bond acceptors (Lipinski definition) is 4. The number of rotatable bonds is 4. The number of halogens is 4. The molecule has 0 radical (unpaired) electrons. The summed E-state index contributed by atoms with van der Waals surface area (Å²) in [5.41, 5.74) is 0.754. The number of alkyl halides is 4. The van der Waals surface area contributed by atoms with Crippen LogP contribution in [-0.2, 0) is 17.5 Å². The van der Waals surface area contributed by atoms with Gasteiger partial charge in [0.25, 0.3) is 0 Å². The molecule has 0 spiro atoms. The first kappa shape index (κ1) is 19.8. The van der Waals surface area contributed by atoms with Gasteiger partial charge in [0, 0.05) is 31.3 Å². The van der Waals surface area contributed by atoms with Crippen molar-refractivity contribution in [3.8, 4) is 17.3 Å². The lowest BCUT2D eigenvalue weighted by atomic mass is 10.0. The van der Waals surface area contributed by atoms with Crippen molar-refractivity contribution >= 4 is 5.91 Å². The van der Waals surface area contributed by atoms with E-state index in [9.17, 15) is 27.6 Å². The van der Waals surface area contributed by atoms with Gasteiger partial charge in [0.05, 0.1) is 22.9 Å². The largest absolute Gasteiger partial charge is 0.416 e. The second kappa shape index (κ2) is 7.94. The number of benzene rings is 1. The summed E-state index contributed by atoms with van der Waals surface area (Å²) >= 11 is 0. The fourth-order valence-electron chi connectivity index (χ4n) is 2.93. The summed E-state index contributed by atoms with van der Waals surface area (Å²) in [6.45, 7) is 0.141. The normalized spacial score (nSPS) is 19.2. The van der Waals surface area contributed by atoms with Gasteiger partial charge in [-0.2, -0.15) is 18.4 Å². The van der Waals surface area contributed by atoms with E-state index >= 15 is 0 Å². The van der Waals surface area contributed by atoms with Crippen molar-refractivity contribution in [2.75, 3.05) is 6.54 Å². The fraction of sp³-hybridized carbons (Fsp3) is 0.316. The number of nitrogens with zero attached hydrogens (tertiary/aromatic N) is 2. The van der Waals surface area contributed by atoms with Crippen molar-refractivity contribution in [3.05, 3.63) is 53.2 Å². The highest BCUT2D eigenvalue weighted by Crippen LogP contribution is 2.30. The van der Waals surface area contributed by atoms with E-state index < -0.39 is 24.0 Å². The summed E-state index contributed by atoms with van der Waals surface area (Å²) in [5, 5.41) is 14.6. The molecule has 146 valence electrons. The number of pyridine rings is 1. The van der Waals surface area contributed by atoms with E-state index in [2.05, 4.69) is 15.6 Å². The quantitative estimate of drug-likeness (QED) is 0.785. The summed E-state index contributed by atoms with van der Waals surface area (Å²) in [6, 6.07) is 7.38. The first-order chi connectivity index (χ1) is 13.3. The second-order valence-electron chi connectivity index (χ2n) is 6.43. The molecule has 0 saturated carbocycles. The minimum Gasteiger partial charge on any atom is -0.351 e. The third-order valence-electron chi connectivity index (χ3n) is 4.46. The van der Waals surface area contributed by atoms with Crippen molar-refractivity contribution in [1.29, 1.82) is 5.26 Å². The van der Waals surface area contributed by atoms with Gasteiger partial charge in [-0.15, -0.1) is 0 Å². The van der Waals surface area contributed by atoms with Crippen LogP contribution in [0.2, 0.25) is 0 Å². The lowest BCUT2D eigenvalue weighted by Crippen LogP contribution is -2.40. The van der Waals surface area contributed by atoms with E-state index in [-0.39, 0.29) is 31.0 Å². The van der Waals surface area contributed by atoms with Crippen molar-refractivity contribution in [2.24, 2.45) is 0 Å².